The predicted octanol–water partition coefficient (Wildman–Crippen LogP) is 3.04. The number of nitrogens with zero attached hydrogens (tertiary/aromatic N) is 1. The average molecular weight is 293 g/mol. The lowest BCUT2D eigenvalue weighted by atomic mass is 10.0. The van der Waals surface area contributed by atoms with Gasteiger partial charge in [0.15, 0.2) is 0 Å². The van der Waals surface area contributed by atoms with E-state index in [9.17, 15) is 4.79 Å². The molecule has 1 fully saturated rings. The van der Waals surface area contributed by atoms with Crippen LogP contribution in [0, 0.1) is 6.92 Å². The Balaban J connectivity index is 1.95. The molecule has 3 nitrogen and oxygen atoms in total. The maximum absolute atomic E-state index is 12.0. The maximum Gasteiger partial charge on any atom is 0.248 e. The molecule has 1 heterocycles. The van der Waals surface area contributed by atoms with Gasteiger partial charge in [-0.25, -0.2) is 0 Å². The smallest absolute Gasteiger partial charge is 0.248 e. The van der Waals surface area contributed by atoms with Crippen LogP contribution in [0.25, 0.3) is 0 Å². The van der Waals surface area contributed by atoms with Crippen LogP contribution >= 0.6 is 11.8 Å². The predicted molar refractivity (Wildman–Crippen MR) is 84.1 cm³/mol. The maximum atomic E-state index is 12.0. The Morgan fingerprint density at radius 1 is 1.40 bits per heavy atom. The third-order valence-electron chi connectivity index (χ3n) is 3.66. The van der Waals surface area contributed by atoms with Crippen LogP contribution in [-0.4, -0.2) is 42.9 Å². The molecule has 0 aromatic heterocycles. The fraction of sp³-hybridized carbons (Fsp3) is 0.562. The van der Waals surface area contributed by atoms with Gasteiger partial charge in [-0.1, -0.05) is 24.3 Å². The number of aryl methyl sites for hydroxylation is 1. The van der Waals surface area contributed by atoms with E-state index in [2.05, 4.69) is 31.2 Å². The number of ether oxygens (including phenoxy) is 1. The molecule has 1 amide bonds. The van der Waals surface area contributed by atoms with Crippen molar-refractivity contribution in [2.45, 2.75) is 25.5 Å². The van der Waals surface area contributed by atoms with Crippen LogP contribution in [0.15, 0.2) is 24.3 Å². The van der Waals surface area contributed by atoms with E-state index in [1.54, 1.807) is 0 Å². The van der Waals surface area contributed by atoms with Crippen LogP contribution in [0.4, 0.5) is 0 Å². The molecule has 4 heteroatoms. The van der Waals surface area contributed by atoms with E-state index in [-0.39, 0.29) is 12.5 Å². The van der Waals surface area contributed by atoms with E-state index in [1.807, 2.05) is 23.6 Å². The molecule has 0 N–H and O–H groups in total. The monoisotopic (exact) mass is 293 g/mol. The van der Waals surface area contributed by atoms with Crippen LogP contribution in [0.3, 0.4) is 0 Å². The van der Waals surface area contributed by atoms with E-state index < -0.39 is 0 Å². The molecule has 0 saturated carbocycles. The molecule has 0 unspecified atom stereocenters. The molecule has 1 aromatic carbocycles. The minimum Gasteiger partial charge on any atom is -0.372 e. The van der Waals surface area contributed by atoms with Crippen LogP contribution in [0.2, 0.25) is 0 Å². The Morgan fingerprint density at radius 2 is 2.20 bits per heavy atom. The molecule has 20 heavy (non-hydrogen) atoms. The number of hydrogen-bond acceptors (Lipinski definition) is 3. The number of amides is 1. The van der Waals surface area contributed by atoms with Crippen LogP contribution in [0.5, 0.6) is 0 Å². The highest BCUT2D eigenvalue weighted by Gasteiger charge is 2.22. The van der Waals surface area contributed by atoms with Crippen molar-refractivity contribution in [2.24, 2.45) is 0 Å². The molecule has 1 atom stereocenters. The number of hydrogen-bond donors (Lipinski definition) is 0. The Hall–Kier alpha value is -1.00. The first kappa shape index (κ1) is 15.4. The van der Waals surface area contributed by atoms with Gasteiger partial charge in [0.25, 0.3) is 0 Å². The second kappa shape index (κ2) is 7.70. The summed E-state index contributed by atoms with van der Waals surface area (Å²) in [5, 5.41) is 0.501. The molecule has 0 spiro atoms. The minimum atomic E-state index is 0.123. The second-order valence-electron chi connectivity index (χ2n) is 5.02. The standard InChI is InChI=1S/C16H23NO2S/c1-3-19-12-16(18)17-9-8-15(20-11-10-17)14-7-5-4-6-13(14)2/h4-7,15H,3,8-12H2,1-2H3/t15-/m1/s1. The minimum absolute atomic E-state index is 0.123. The molecule has 0 bridgehead atoms. The summed E-state index contributed by atoms with van der Waals surface area (Å²) in [4.78, 5) is 14.0. The summed E-state index contributed by atoms with van der Waals surface area (Å²) in [5.41, 5.74) is 2.76. The van der Waals surface area contributed by atoms with Gasteiger partial charge < -0.3 is 9.64 Å². The largest absolute Gasteiger partial charge is 0.372 e. The quantitative estimate of drug-likeness (QED) is 0.854. The highest BCUT2D eigenvalue weighted by Crippen LogP contribution is 2.35. The van der Waals surface area contributed by atoms with E-state index in [0.29, 0.717) is 11.9 Å². The zero-order valence-corrected chi connectivity index (χ0v) is 13.1. The summed E-state index contributed by atoms with van der Waals surface area (Å²) in [7, 11) is 0. The van der Waals surface area contributed by atoms with Crippen molar-refractivity contribution in [3.05, 3.63) is 35.4 Å². The fourth-order valence-corrected chi connectivity index (χ4v) is 3.82. The van der Waals surface area contributed by atoms with Crippen LogP contribution in [-0.2, 0) is 9.53 Å². The SMILES string of the molecule is CCOCC(=O)N1CCS[C@@H](c2ccccc2C)CC1. The van der Waals surface area contributed by atoms with Gasteiger partial charge in [-0.15, -0.1) is 0 Å². The van der Waals surface area contributed by atoms with Crippen molar-refractivity contribution < 1.29 is 9.53 Å². The van der Waals surface area contributed by atoms with E-state index >= 15 is 0 Å². The van der Waals surface area contributed by atoms with Gasteiger partial charge in [0, 0.05) is 30.7 Å². The molecule has 1 aliphatic rings. The fourth-order valence-electron chi connectivity index (χ4n) is 2.50. The van der Waals surface area contributed by atoms with Crippen molar-refractivity contribution in [1.82, 2.24) is 4.90 Å². The molecular weight excluding hydrogens is 270 g/mol. The van der Waals surface area contributed by atoms with E-state index in [4.69, 9.17) is 4.74 Å². The molecule has 1 aromatic rings. The van der Waals surface area contributed by atoms with Gasteiger partial charge in [0.1, 0.15) is 6.61 Å². The highest BCUT2D eigenvalue weighted by atomic mass is 32.2. The zero-order valence-electron chi connectivity index (χ0n) is 12.3. The number of thioether (sulfide) groups is 1. The Morgan fingerprint density at radius 3 is 2.95 bits per heavy atom. The van der Waals surface area contributed by atoms with Crippen molar-refractivity contribution in [3.63, 3.8) is 0 Å². The number of rotatable bonds is 4. The van der Waals surface area contributed by atoms with Crippen LogP contribution < -0.4 is 0 Å². The van der Waals surface area contributed by atoms with Crippen molar-refractivity contribution >= 4 is 17.7 Å². The molecule has 0 aliphatic carbocycles. The summed E-state index contributed by atoms with van der Waals surface area (Å²) < 4.78 is 5.22. The first-order chi connectivity index (χ1) is 9.72. The molecule has 0 radical (unpaired) electrons. The Labute approximate surface area is 125 Å². The summed E-state index contributed by atoms with van der Waals surface area (Å²) in [6, 6.07) is 8.56. The number of benzene rings is 1. The molecular formula is C16H23NO2S. The zero-order chi connectivity index (χ0) is 14.4. The summed E-state index contributed by atoms with van der Waals surface area (Å²) >= 11 is 1.96. The summed E-state index contributed by atoms with van der Waals surface area (Å²) in [6.45, 7) is 6.56. The third kappa shape index (κ3) is 4.00. The number of carbonyl (C=O) groups excluding carboxylic acids is 1. The average Bonchev–Trinajstić information content (AvgIpc) is 2.71. The summed E-state index contributed by atoms with van der Waals surface area (Å²) in [5.74, 6) is 1.12. The Kier molecular flexibility index (Phi) is 5.92. The van der Waals surface area contributed by atoms with Gasteiger partial charge in [0.2, 0.25) is 5.91 Å². The highest BCUT2D eigenvalue weighted by molar-refractivity contribution is 7.99. The van der Waals surface area contributed by atoms with Gasteiger partial charge in [-0.3, -0.25) is 4.79 Å². The lowest BCUT2D eigenvalue weighted by Gasteiger charge is -2.20. The van der Waals surface area contributed by atoms with E-state index in [0.717, 1.165) is 25.3 Å². The first-order valence-electron chi connectivity index (χ1n) is 7.25. The first-order valence-corrected chi connectivity index (χ1v) is 8.30. The lowest BCUT2D eigenvalue weighted by molar-refractivity contribution is -0.135. The van der Waals surface area contributed by atoms with Crippen LogP contribution in [0.1, 0.15) is 29.7 Å². The van der Waals surface area contributed by atoms with Crippen molar-refractivity contribution in [3.8, 4) is 0 Å². The van der Waals surface area contributed by atoms with Gasteiger partial charge in [0.05, 0.1) is 0 Å². The molecule has 1 saturated heterocycles. The molecule has 2 rings (SSSR count). The number of carbonyl (C=O) groups is 1. The van der Waals surface area contributed by atoms with Gasteiger partial charge in [-0.05, 0) is 31.4 Å². The Bertz CT molecular complexity index is 450. The molecule has 110 valence electrons. The third-order valence-corrected chi connectivity index (χ3v) is 4.97. The molecule has 1 aliphatic heterocycles. The van der Waals surface area contributed by atoms with Crippen molar-refractivity contribution in [2.75, 3.05) is 32.1 Å². The van der Waals surface area contributed by atoms with Gasteiger partial charge in [-0.2, -0.15) is 11.8 Å². The summed E-state index contributed by atoms with van der Waals surface area (Å²) in [6.07, 6.45) is 1.02. The topological polar surface area (TPSA) is 29.5 Å². The van der Waals surface area contributed by atoms with E-state index in [1.165, 1.54) is 11.1 Å². The second-order valence-corrected chi connectivity index (χ2v) is 6.33. The van der Waals surface area contributed by atoms with Crippen molar-refractivity contribution in [1.29, 1.82) is 0 Å². The normalized spacial score (nSPS) is 19.7. The van der Waals surface area contributed by atoms with Gasteiger partial charge >= 0.3 is 0 Å². The lowest BCUT2D eigenvalue weighted by Crippen LogP contribution is -2.35.